The summed E-state index contributed by atoms with van der Waals surface area (Å²) in [7, 11) is 2.78. The summed E-state index contributed by atoms with van der Waals surface area (Å²) in [6.45, 7) is 0. The molecule has 0 aliphatic heterocycles. The number of ether oxygens (including phenoxy) is 2. The molecule has 0 saturated carbocycles. The predicted octanol–water partition coefficient (Wildman–Crippen LogP) is 4.86. The summed E-state index contributed by atoms with van der Waals surface area (Å²) in [4.78, 5) is 33.7. The monoisotopic (exact) mass is 548 g/mol. The van der Waals surface area contributed by atoms with Crippen LogP contribution in [0.25, 0.3) is 16.7 Å². The van der Waals surface area contributed by atoms with E-state index in [1.165, 1.54) is 55.7 Å². The van der Waals surface area contributed by atoms with Crippen molar-refractivity contribution in [3.05, 3.63) is 89.9 Å². The number of fused-ring (bicyclic) bond motifs is 1. The number of phenols is 1. The molecule has 13 nitrogen and oxygen atoms in total. The normalized spacial score (nSPS) is 10.9. The topological polar surface area (TPSA) is 177 Å². The number of aromatic hydroxyl groups is 1. The molecule has 0 saturated heterocycles. The maximum Gasteiger partial charge on any atom is 0.337 e. The number of nitrogens with zero attached hydrogens (tertiary/aromatic N) is 7. The molecule has 5 rings (SSSR count). The van der Waals surface area contributed by atoms with Gasteiger partial charge in [-0.3, -0.25) is 4.79 Å². The van der Waals surface area contributed by atoms with Crippen LogP contribution in [0.2, 0.25) is 0 Å². The fourth-order valence-electron chi connectivity index (χ4n) is 3.93. The van der Waals surface area contributed by atoms with Crippen LogP contribution >= 0.6 is 0 Å². The minimum Gasteiger partial charge on any atom is -0.505 e. The van der Waals surface area contributed by atoms with Gasteiger partial charge in [-0.2, -0.15) is 15.0 Å². The number of hydrogen-bond donors (Lipinski definition) is 2. The summed E-state index contributed by atoms with van der Waals surface area (Å²) < 4.78 is 11.2. The van der Waals surface area contributed by atoms with E-state index in [1.54, 1.807) is 36.4 Å². The van der Waals surface area contributed by atoms with Gasteiger partial charge in [0.1, 0.15) is 23.1 Å². The van der Waals surface area contributed by atoms with E-state index >= 15 is 0 Å². The third-order valence-corrected chi connectivity index (χ3v) is 5.95. The first-order valence-corrected chi connectivity index (χ1v) is 11.9. The summed E-state index contributed by atoms with van der Waals surface area (Å²) in [5.74, 6) is -0.948. The number of nitrogens with one attached hydrogen (secondary N) is 1. The Morgan fingerprint density at radius 1 is 1.05 bits per heavy atom. The van der Waals surface area contributed by atoms with E-state index in [9.17, 15) is 20.0 Å². The first-order chi connectivity index (χ1) is 19.9. The average molecular weight is 549 g/mol. The molecule has 0 fully saturated rings. The largest absolute Gasteiger partial charge is 0.505 e. The zero-order valence-electron chi connectivity index (χ0n) is 21.6. The number of benzene rings is 3. The van der Waals surface area contributed by atoms with Crippen molar-refractivity contribution in [3.63, 3.8) is 0 Å². The molecule has 1 amide bonds. The number of esters is 1. The van der Waals surface area contributed by atoms with E-state index in [0.717, 1.165) is 0 Å². The molecule has 0 aliphatic carbocycles. The van der Waals surface area contributed by atoms with E-state index in [1.807, 2.05) is 6.07 Å². The van der Waals surface area contributed by atoms with Crippen LogP contribution in [0.4, 0.5) is 17.2 Å². The van der Waals surface area contributed by atoms with Gasteiger partial charge in [-0.15, -0.1) is 10.2 Å². The van der Waals surface area contributed by atoms with Crippen LogP contribution < -0.4 is 10.1 Å². The number of nitriles is 1. The Kier molecular flexibility index (Phi) is 7.29. The minimum absolute atomic E-state index is 0.00511. The Labute approximate surface area is 232 Å². The number of hydrogen-bond acceptors (Lipinski definition) is 11. The third-order valence-electron chi connectivity index (χ3n) is 5.95. The maximum atomic E-state index is 13.3. The Morgan fingerprint density at radius 3 is 2.49 bits per heavy atom. The number of carbonyl (C=O) groups is 2. The number of phenolic OH excluding ortho intramolecular Hbond substituents is 1. The molecule has 0 spiro atoms. The number of methoxy groups -OCH3 is 2. The fraction of sp³-hybridized carbons (Fsp3) is 0.0714. The van der Waals surface area contributed by atoms with E-state index in [0.29, 0.717) is 22.2 Å². The van der Waals surface area contributed by atoms with Crippen LogP contribution in [-0.4, -0.2) is 51.0 Å². The van der Waals surface area contributed by atoms with Gasteiger partial charge >= 0.3 is 5.97 Å². The molecule has 0 unspecified atom stereocenters. The van der Waals surface area contributed by atoms with Gasteiger partial charge in [-0.25, -0.2) is 14.8 Å². The maximum absolute atomic E-state index is 13.3. The summed E-state index contributed by atoms with van der Waals surface area (Å²) in [6, 6.07) is 16.2. The first kappa shape index (κ1) is 26.4. The van der Waals surface area contributed by atoms with Crippen LogP contribution in [0.1, 0.15) is 26.3 Å². The second kappa shape index (κ2) is 11.3. The molecule has 3 aromatic carbocycles. The lowest BCUT2D eigenvalue weighted by molar-refractivity contribution is 0.0600. The van der Waals surface area contributed by atoms with E-state index in [4.69, 9.17) is 9.47 Å². The van der Waals surface area contributed by atoms with Crippen molar-refractivity contribution in [1.82, 2.24) is 19.7 Å². The molecular formula is C28H20N8O5. The van der Waals surface area contributed by atoms with Crippen molar-refractivity contribution in [3.8, 4) is 23.5 Å². The van der Waals surface area contributed by atoms with Gasteiger partial charge in [-0.05, 0) is 53.9 Å². The highest BCUT2D eigenvalue weighted by Crippen LogP contribution is 2.40. The number of azo groups is 1. The van der Waals surface area contributed by atoms with Gasteiger partial charge in [-0.1, -0.05) is 6.07 Å². The lowest BCUT2D eigenvalue weighted by atomic mass is 10.0. The van der Waals surface area contributed by atoms with Gasteiger partial charge in [0, 0.05) is 23.5 Å². The molecule has 0 bridgehead atoms. The Balaban J connectivity index is 1.64. The number of aromatic nitrogens is 4. The fourth-order valence-corrected chi connectivity index (χ4v) is 3.93. The Morgan fingerprint density at radius 2 is 1.80 bits per heavy atom. The molecule has 2 aromatic heterocycles. The van der Waals surface area contributed by atoms with Crippen LogP contribution in [0.5, 0.6) is 11.5 Å². The summed E-state index contributed by atoms with van der Waals surface area (Å²) in [5.41, 5.74) is 0.536. The van der Waals surface area contributed by atoms with E-state index in [2.05, 4.69) is 30.6 Å². The molecule has 13 heteroatoms. The summed E-state index contributed by atoms with van der Waals surface area (Å²) >= 11 is 0. The van der Waals surface area contributed by atoms with Crippen LogP contribution in [0.15, 0.2) is 83.4 Å². The molecular weight excluding hydrogens is 528 g/mol. The Hall–Kier alpha value is -6.16. The van der Waals surface area contributed by atoms with Crippen molar-refractivity contribution in [2.45, 2.75) is 0 Å². The van der Waals surface area contributed by atoms with Gasteiger partial charge in [0.15, 0.2) is 11.6 Å². The smallest absolute Gasteiger partial charge is 0.337 e. The summed E-state index contributed by atoms with van der Waals surface area (Å²) in [5, 5.41) is 36.9. The van der Waals surface area contributed by atoms with Crippen molar-refractivity contribution in [2.24, 2.45) is 10.2 Å². The predicted molar refractivity (Wildman–Crippen MR) is 146 cm³/mol. The molecule has 0 radical (unpaired) electrons. The van der Waals surface area contributed by atoms with Crippen molar-refractivity contribution in [1.29, 1.82) is 5.26 Å². The standard InChI is InChI=1S/C28H20N8O5/c1-40-20-7-5-19(6-8-20)33-26(38)22-13-17-12-16(27(39)41-2)4-9-21(17)23(24(22)37)34-35-25-18(14-29)15-32-36(25)28-30-10-3-11-31-28/h3-13,15,37H,1-2H3,(H,33,38)/b35-34+. The first-order valence-electron chi connectivity index (χ1n) is 11.9. The van der Waals surface area contributed by atoms with Gasteiger partial charge in [0.2, 0.25) is 0 Å². The van der Waals surface area contributed by atoms with E-state index < -0.39 is 17.6 Å². The lowest BCUT2D eigenvalue weighted by Gasteiger charge is -2.12. The van der Waals surface area contributed by atoms with Gasteiger partial charge in [0.05, 0.1) is 31.5 Å². The highest BCUT2D eigenvalue weighted by atomic mass is 16.5. The SMILES string of the molecule is COC(=O)c1ccc2c(/N=N/c3c(C#N)cnn3-c3ncccn3)c(O)c(C(=O)Nc3ccc(OC)cc3)cc2c1. The minimum atomic E-state index is -0.644. The van der Waals surface area contributed by atoms with Gasteiger partial charge in [0.25, 0.3) is 11.9 Å². The molecule has 5 aromatic rings. The van der Waals surface area contributed by atoms with Crippen molar-refractivity contribution < 1.29 is 24.2 Å². The molecule has 202 valence electrons. The highest BCUT2D eigenvalue weighted by molar-refractivity contribution is 6.12. The lowest BCUT2D eigenvalue weighted by Crippen LogP contribution is -2.12. The number of rotatable bonds is 7. The number of carbonyl (C=O) groups excluding carboxylic acids is 2. The highest BCUT2D eigenvalue weighted by Gasteiger charge is 2.21. The summed E-state index contributed by atoms with van der Waals surface area (Å²) in [6.07, 6.45) is 4.28. The van der Waals surface area contributed by atoms with E-state index in [-0.39, 0.29) is 34.1 Å². The molecule has 2 N–H and O–H groups in total. The number of amides is 1. The third kappa shape index (κ3) is 5.25. The van der Waals surface area contributed by atoms with Crippen LogP contribution in [0, 0.1) is 11.3 Å². The molecule has 2 heterocycles. The molecule has 0 aliphatic rings. The van der Waals surface area contributed by atoms with Crippen LogP contribution in [-0.2, 0) is 4.74 Å². The zero-order valence-corrected chi connectivity index (χ0v) is 21.6. The van der Waals surface area contributed by atoms with Crippen molar-refractivity contribution in [2.75, 3.05) is 19.5 Å². The van der Waals surface area contributed by atoms with Gasteiger partial charge < -0.3 is 19.9 Å². The zero-order chi connectivity index (χ0) is 28.9. The van der Waals surface area contributed by atoms with Crippen molar-refractivity contribution >= 4 is 39.8 Å². The number of anilines is 1. The van der Waals surface area contributed by atoms with Crippen LogP contribution in [0.3, 0.4) is 0 Å². The molecule has 0 atom stereocenters. The second-order valence-corrected chi connectivity index (χ2v) is 8.39. The molecule has 41 heavy (non-hydrogen) atoms. The quantitative estimate of drug-likeness (QED) is 0.212. The second-order valence-electron chi connectivity index (χ2n) is 8.39. The average Bonchev–Trinajstić information content (AvgIpc) is 3.43. The Bertz CT molecular complexity index is 1840.